The van der Waals surface area contributed by atoms with Crippen molar-refractivity contribution in [3.63, 3.8) is 0 Å². The third kappa shape index (κ3) is 2.89. The fourth-order valence-corrected chi connectivity index (χ4v) is 1.06. The van der Waals surface area contributed by atoms with Crippen molar-refractivity contribution < 1.29 is 19.7 Å². The van der Waals surface area contributed by atoms with Crippen LogP contribution in [0.5, 0.6) is 11.5 Å². The van der Waals surface area contributed by atoms with E-state index < -0.39 is 5.97 Å². The predicted octanol–water partition coefficient (Wildman–Crippen LogP) is 2.30. The summed E-state index contributed by atoms with van der Waals surface area (Å²) >= 11 is 0. The highest BCUT2D eigenvalue weighted by molar-refractivity contribution is 5.92. The maximum atomic E-state index is 11.6. The van der Waals surface area contributed by atoms with E-state index in [9.17, 15) is 15.0 Å². The molecule has 2 N–H and O–H groups in total. The SMILES string of the molecule is CC(C)C(C)OC(=O)c1cc(O)ccc1O. The summed E-state index contributed by atoms with van der Waals surface area (Å²) in [4.78, 5) is 11.6. The Morgan fingerprint density at radius 2 is 1.88 bits per heavy atom. The van der Waals surface area contributed by atoms with Crippen molar-refractivity contribution in [1.29, 1.82) is 0 Å². The lowest BCUT2D eigenvalue weighted by Crippen LogP contribution is -2.20. The first-order chi connectivity index (χ1) is 7.41. The molecule has 0 aliphatic carbocycles. The largest absolute Gasteiger partial charge is 0.508 e. The molecule has 1 aromatic rings. The van der Waals surface area contributed by atoms with Gasteiger partial charge in [0.15, 0.2) is 0 Å². The molecule has 4 nitrogen and oxygen atoms in total. The summed E-state index contributed by atoms with van der Waals surface area (Å²) in [7, 11) is 0. The third-order valence-electron chi connectivity index (χ3n) is 2.43. The van der Waals surface area contributed by atoms with Crippen molar-refractivity contribution in [3.05, 3.63) is 23.8 Å². The lowest BCUT2D eigenvalue weighted by molar-refractivity contribution is 0.0234. The Bertz CT molecular complexity index is 385. The minimum atomic E-state index is -0.630. The zero-order chi connectivity index (χ0) is 12.3. The molecule has 1 rings (SSSR count). The molecule has 4 heteroatoms. The van der Waals surface area contributed by atoms with Gasteiger partial charge in [-0.3, -0.25) is 0 Å². The molecule has 0 radical (unpaired) electrons. The van der Waals surface area contributed by atoms with Crippen molar-refractivity contribution in [2.75, 3.05) is 0 Å². The van der Waals surface area contributed by atoms with E-state index in [0.717, 1.165) is 0 Å². The Labute approximate surface area is 94.5 Å². The highest BCUT2D eigenvalue weighted by Crippen LogP contribution is 2.23. The second kappa shape index (κ2) is 4.88. The number of aromatic hydroxyl groups is 2. The summed E-state index contributed by atoms with van der Waals surface area (Å²) in [6.45, 7) is 5.64. The zero-order valence-electron chi connectivity index (χ0n) is 9.60. The summed E-state index contributed by atoms with van der Waals surface area (Å²) < 4.78 is 5.12. The van der Waals surface area contributed by atoms with Crippen LogP contribution in [0, 0.1) is 5.92 Å². The number of phenolic OH excluding ortho intramolecular Hbond substituents is 2. The smallest absolute Gasteiger partial charge is 0.342 e. The van der Waals surface area contributed by atoms with Gasteiger partial charge in [0.05, 0.1) is 0 Å². The highest BCUT2D eigenvalue weighted by Gasteiger charge is 2.18. The van der Waals surface area contributed by atoms with E-state index in [4.69, 9.17) is 4.74 Å². The number of rotatable bonds is 3. The first-order valence-corrected chi connectivity index (χ1v) is 5.14. The molecule has 1 unspecified atom stereocenters. The van der Waals surface area contributed by atoms with E-state index in [1.807, 2.05) is 13.8 Å². The van der Waals surface area contributed by atoms with Crippen molar-refractivity contribution in [2.45, 2.75) is 26.9 Å². The van der Waals surface area contributed by atoms with Crippen LogP contribution in [0.25, 0.3) is 0 Å². The average molecular weight is 224 g/mol. The Balaban J connectivity index is 2.84. The fraction of sp³-hybridized carbons (Fsp3) is 0.417. The molecule has 0 saturated carbocycles. The number of carbonyl (C=O) groups excluding carboxylic acids is 1. The number of ether oxygens (including phenoxy) is 1. The van der Waals surface area contributed by atoms with Gasteiger partial charge in [0, 0.05) is 0 Å². The second-order valence-electron chi connectivity index (χ2n) is 4.06. The molecule has 0 spiro atoms. The lowest BCUT2D eigenvalue weighted by Gasteiger charge is -2.16. The Morgan fingerprint density at radius 3 is 2.44 bits per heavy atom. The van der Waals surface area contributed by atoms with Crippen LogP contribution in [0.1, 0.15) is 31.1 Å². The molecular formula is C12H16O4. The summed E-state index contributed by atoms with van der Waals surface area (Å²) in [5, 5.41) is 18.7. The summed E-state index contributed by atoms with van der Waals surface area (Å²) in [6, 6.07) is 3.74. The quantitative estimate of drug-likeness (QED) is 0.610. The van der Waals surface area contributed by atoms with Crippen molar-refractivity contribution in [2.24, 2.45) is 5.92 Å². The van der Waals surface area contributed by atoms with E-state index >= 15 is 0 Å². The van der Waals surface area contributed by atoms with Crippen molar-refractivity contribution >= 4 is 5.97 Å². The zero-order valence-corrected chi connectivity index (χ0v) is 9.60. The van der Waals surface area contributed by atoms with Gasteiger partial charge in [0.1, 0.15) is 23.2 Å². The summed E-state index contributed by atoms with van der Waals surface area (Å²) in [6.07, 6.45) is -0.241. The van der Waals surface area contributed by atoms with Crippen LogP contribution in [-0.4, -0.2) is 22.3 Å². The van der Waals surface area contributed by atoms with Gasteiger partial charge < -0.3 is 14.9 Å². The summed E-state index contributed by atoms with van der Waals surface area (Å²) in [5.41, 5.74) is -0.0208. The predicted molar refractivity (Wildman–Crippen MR) is 59.5 cm³/mol. The average Bonchev–Trinajstić information content (AvgIpc) is 2.21. The normalized spacial score (nSPS) is 12.5. The van der Waals surface area contributed by atoms with Crippen LogP contribution < -0.4 is 0 Å². The molecule has 0 aliphatic heterocycles. The molecule has 0 saturated heterocycles. The minimum absolute atomic E-state index is 0.0208. The van der Waals surface area contributed by atoms with Crippen LogP contribution >= 0.6 is 0 Å². The molecular weight excluding hydrogens is 208 g/mol. The van der Waals surface area contributed by atoms with Gasteiger partial charge in [-0.2, -0.15) is 0 Å². The molecule has 1 atom stereocenters. The maximum Gasteiger partial charge on any atom is 0.342 e. The van der Waals surface area contributed by atoms with Crippen LogP contribution in [0.2, 0.25) is 0 Å². The van der Waals surface area contributed by atoms with Gasteiger partial charge in [0.25, 0.3) is 0 Å². The van der Waals surface area contributed by atoms with Crippen LogP contribution in [-0.2, 0) is 4.74 Å². The monoisotopic (exact) mass is 224 g/mol. The molecule has 0 fully saturated rings. The van der Waals surface area contributed by atoms with Gasteiger partial charge in [-0.05, 0) is 31.0 Å². The molecule has 16 heavy (non-hydrogen) atoms. The number of carbonyl (C=O) groups is 1. The van der Waals surface area contributed by atoms with Crippen molar-refractivity contribution in [1.82, 2.24) is 0 Å². The maximum absolute atomic E-state index is 11.6. The Morgan fingerprint density at radius 1 is 1.25 bits per heavy atom. The van der Waals surface area contributed by atoms with Crippen LogP contribution in [0.4, 0.5) is 0 Å². The van der Waals surface area contributed by atoms with Gasteiger partial charge in [-0.25, -0.2) is 4.79 Å². The molecule has 0 amide bonds. The molecule has 1 aromatic carbocycles. The third-order valence-corrected chi connectivity index (χ3v) is 2.43. The first kappa shape index (κ1) is 12.4. The molecule has 88 valence electrons. The first-order valence-electron chi connectivity index (χ1n) is 5.14. The number of hydrogen-bond donors (Lipinski definition) is 2. The topological polar surface area (TPSA) is 66.8 Å². The van der Waals surface area contributed by atoms with Crippen LogP contribution in [0.3, 0.4) is 0 Å². The van der Waals surface area contributed by atoms with Crippen LogP contribution in [0.15, 0.2) is 18.2 Å². The second-order valence-corrected chi connectivity index (χ2v) is 4.06. The number of hydrogen-bond acceptors (Lipinski definition) is 4. The van der Waals surface area contributed by atoms with Crippen molar-refractivity contribution in [3.8, 4) is 11.5 Å². The van der Waals surface area contributed by atoms with E-state index in [1.165, 1.54) is 18.2 Å². The lowest BCUT2D eigenvalue weighted by atomic mass is 10.1. The molecule has 0 aromatic heterocycles. The van der Waals surface area contributed by atoms with E-state index in [0.29, 0.717) is 0 Å². The molecule has 0 aliphatic rings. The number of esters is 1. The van der Waals surface area contributed by atoms with E-state index in [2.05, 4.69) is 0 Å². The molecule has 0 heterocycles. The standard InChI is InChI=1S/C12H16O4/c1-7(2)8(3)16-12(15)10-6-9(13)4-5-11(10)14/h4-8,13-14H,1-3H3. The minimum Gasteiger partial charge on any atom is -0.508 e. The number of benzene rings is 1. The van der Waals surface area contributed by atoms with E-state index in [1.54, 1.807) is 6.92 Å². The van der Waals surface area contributed by atoms with Gasteiger partial charge in [-0.15, -0.1) is 0 Å². The number of phenols is 2. The van der Waals surface area contributed by atoms with Gasteiger partial charge in [0.2, 0.25) is 0 Å². The Hall–Kier alpha value is -1.71. The fourth-order valence-electron chi connectivity index (χ4n) is 1.06. The molecule has 0 bridgehead atoms. The van der Waals surface area contributed by atoms with Gasteiger partial charge in [-0.1, -0.05) is 13.8 Å². The van der Waals surface area contributed by atoms with Gasteiger partial charge >= 0.3 is 5.97 Å². The Kier molecular flexibility index (Phi) is 3.77. The summed E-state index contributed by atoms with van der Waals surface area (Å²) in [5.74, 6) is -0.710. The highest BCUT2D eigenvalue weighted by atomic mass is 16.5. The van der Waals surface area contributed by atoms with E-state index in [-0.39, 0.29) is 29.1 Å².